The van der Waals surface area contributed by atoms with E-state index in [-0.39, 0.29) is 11.9 Å². The van der Waals surface area contributed by atoms with Crippen molar-refractivity contribution in [2.45, 2.75) is 32.6 Å². The van der Waals surface area contributed by atoms with E-state index >= 15 is 0 Å². The Labute approximate surface area is 219 Å². The predicted molar refractivity (Wildman–Crippen MR) is 144 cm³/mol. The van der Waals surface area contributed by atoms with Gasteiger partial charge < -0.3 is 29.2 Å². The summed E-state index contributed by atoms with van der Waals surface area (Å²) in [5.74, 6) is 1.64. The number of anilines is 1. The number of rotatable bonds is 13. The van der Waals surface area contributed by atoms with E-state index in [1.165, 1.54) is 5.56 Å². The van der Waals surface area contributed by atoms with E-state index in [1.807, 2.05) is 59.5 Å². The lowest BCUT2D eigenvalue weighted by atomic mass is 10.1. The van der Waals surface area contributed by atoms with Crippen LogP contribution in [0.4, 0.5) is 5.69 Å². The second-order valence-corrected chi connectivity index (χ2v) is 9.11. The number of amides is 1. The quantitative estimate of drug-likeness (QED) is 0.346. The van der Waals surface area contributed by atoms with Crippen molar-refractivity contribution < 1.29 is 23.7 Å². The van der Waals surface area contributed by atoms with E-state index in [1.54, 1.807) is 7.11 Å². The van der Waals surface area contributed by atoms with Crippen molar-refractivity contribution in [3.05, 3.63) is 89.5 Å². The van der Waals surface area contributed by atoms with Gasteiger partial charge in [-0.1, -0.05) is 48.0 Å². The van der Waals surface area contributed by atoms with Crippen LogP contribution in [-0.2, 0) is 27.5 Å². The molecular formula is C30H36N2O5. The molecule has 0 aromatic heterocycles. The van der Waals surface area contributed by atoms with Crippen LogP contribution in [0, 0.1) is 6.92 Å². The highest BCUT2D eigenvalue weighted by Gasteiger charge is 2.29. The molecular weight excluding hydrogens is 468 g/mol. The second kappa shape index (κ2) is 13.8. The Morgan fingerprint density at radius 2 is 1.78 bits per heavy atom. The van der Waals surface area contributed by atoms with Crippen LogP contribution in [0.3, 0.4) is 0 Å². The highest BCUT2D eigenvalue weighted by Crippen LogP contribution is 2.23. The van der Waals surface area contributed by atoms with E-state index in [0.29, 0.717) is 46.1 Å². The molecule has 7 nitrogen and oxygen atoms in total. The molecule has 1 N–H and O–H groups in total. The fraction of sp³-hybridized carbons (Fsp3) is 0.367. The predicted octanol–water partition coefficient (Wildman–Crippen LogP) is 4.51. The summed E-state index contributed by atoms with van der Waals surface area (Å²) in [4.78, 5) is 14.6. The molecule has 196 valence electrons. The van der Waals surface area contributed by atoms with Crippen molar-refractivity contribution in [3.63, 3.8) is 0 Å². The number of methoxy groups -OCH3 is 1. The molecule has 0 aliphatic carbocycles. The first-order chi connectivity index (χ1) is 18.1. The van der Waals surface area contributed by atoms with Gasteiger partial charge in [0.2, 0.25) is 5.91 Å². The summed E-state index contributed by atoms with van der Waals surface area (Å²) in [5.41, 5.74) is 4.22. The average Bonchev–Trinajstić information content (AvgIpc) is 2.91. The minimum absolute atomic E-state index is 0.0382. The maximum atomic E-state index is 12.7. The van der Waals surface area contributed by atoms with Crippen molar-refractivity contribution in [2.75, 3.05) is 44.9 Å². The zero-order chi connectivity index (χ0) is 25.9. The third-order valence-electron chi connectivity index (χ3n) is 6.22. The van der Waals surface area contributed by atoms with E-state index in [4.69, 9.17) is 18.9 Å². The molecule has 1 atom stereocenters. The number of ether oxygens (including phenoxy) is 4. The first-order valence-corrected chi connectivity index (χ1v) is 12.7. The average molecular weight is 505 g/mol. The van der Waals surface area contributed by atoms with Crippen LogP contribution in [0.1, 0.15) is 23.1 Å². The van der Waals surface area contributed by atoms with Gasteiger partial charge in [-0.15, -0.1) is 0 Å². The smallest absolute Gasteiger partial charge is 0.241 e. The lowest BCUT2D eigenvalue weighted by molar-refractivity contribution is -0.119. The molecule has 0 unspecified atom stereocenters. The third kappa shape index (κ3) is 7.79. The van der Waals surface area contributed by atoms with Gasteiger partial charge >= 0.3 is 0 Å². The highest BCUT2D eigenvalue weighted by atomic mass is 16.5. The summed E-state index contributed by atoms with van der Waals surface area (Å²) in [6.45, 7) is 5.71. The molecule has 3 aromatic rings. The van der Waals surface area contributed by atoms with Gasteiger partial charge in [-0.3, -0.25) is 4.79 Å². The fourth-order valence-electron chi connectivity index (χ4n) is 4.39. The molecule has 7 heteroatoms. The van der Waals surface area contributed by atoms with Gasteiger partial charge in [0.15, 0.2) is 0 Å². The number of aryl methyl sites for hydroxylation is 1. The van der Waals surface area contributed by atoms with E-state index in [0.717, 1.165) is 34.7 Å². The van der Waals surface area contributed by atoms with E-state index < -0.39 is 0 Å². The molecule has 4 rings (SSSR count). The molecule has 1 saturated heterocycles. The van der Waals surface area contributed by atoms with Crippen molar-refractivity contribution in [1.29, 1.82) is 0 Å². The fourth-order valence-corrected chi connectivity index (χ4v) is 4.39. The zero-order valence-electron chi connectivity index (χ0n) is 21.7. The Morgan fingerprint density at radius 1 is 0.946 bits per heavy atom. The van der Waals surface area contributed by atoms with E-state index in [2.05, 4.69) is 30.4 Å². The largest absolute Gasteiger partial charge is 0.496 e. The molecule has 0 bridgehead atoms. The summed E-state index contributed by atoms with van der Waals surface area (Å²) >= 11 is 0. The molecule has 1 aliphatic heterocycles. The minimum atomic E-state index is -0.0711. The Morgan fingerprint density at radius 3 is 2.59 bits per heavy atom. The van der Waals surface area contributed by atoms with Gasteiger partial charge in [-0.25, -0.2) is 0 Å². The summed E-state index contributed by atoms with van der Waals surface area (Å²) in [7, 11) is 1.66. The maximum absolute atomic E-state index is 12.7. The monoisotopic (exact) mass is 504 g/mol. The number of hydrogen-bond acceptors (Lipinski definition) is 6. The standard InChI is InChI=1S/C30H36N2O5/c1-23-7-5-8-24(17-23)20-36-22-27-18-31-19-30(33)32(27)26-11-13-28(14-12-26)37-16-6-15-35-21-25-9-3-4-10-29(25)34-2/h3-5,7-14,17,27,31H,6,15-16,18-22H2,1-2H3/t27-/m1/s1. The zero-order valence-corrected chi connectivity index (χ0v) is 21.7. The minimum Gasteiger partial charge on any atom is -0.496 e. The van der Waals surface area contributed by atoms with Gasteiger partial charge in [-0.05, 0) is 42.8 Å². The van der Waals surface area contributed by atoms with Crippen molar-refractivity contribution >= 4 is 11.6 Å². The lowest BCUT2D eigenvalue weighted by Gasteiger charge is -2.36. The normalized spacial score (nSPS) is 15.6. The Bertz CT molecular complexity index is 1130. The second-order valence-electron chi connectivity index (χ2n) is 9.11. The molecule has 1 heterocycles. The summed E-state index contributed by atoms with van der Waals surface area (Å²) < 4.78 is 23.0. The molecule has 0 saturated carbocycles. The topological polar surface area (TPSA) is 69.3 Å². The highest BCUT2D eigenvalue weighted by molar-refractivity contribution is 5.96. The van der Waals surface area contributed by atoms with Gasteiger partial charge in [0, 0.05) is 24.2 Å². The van der Waals surface area contributed by atoms with Gasteiger partial charge in [0.1, 0.15) is 11.5 Å². The van der Waals surface area contributed by atoms with Crippen LogP contribution in [-0.4, -0.2) is 52.0 Å². The first-order valence-electron chi connectivity index (χ1n) is 12.7. The molecule has 1 aliphatic rings. The number of nitrogens with zero attached hydrogens (tertiary/aromatic N) is 1. The first kappa shape index (κ1) is 26.7. The van der Waals surface area contributed by atoms with Crippen molar-refractivity contribution in [2.24, 2.45) is 0 Å². The number of nitrogens with one attached hydrogen (secondary N) is 1. The van der Waals surface area contributed by atoms with Gasteiger partial charge in [-0.2, -0.15) is 0 Å². The molecule has 0 radical (unpaired) electrons. The molecule has 37 heavy (non-hydrogen) atoms. The summed E-state index contributed by atoms with van der Waals surface area (Å²) in [5, 5.41) is 3.20. The molecule has 3 aromatic carbocycles. The van der Waals surface area contributed by atoms with Crippen LogP contribution in [0.5, 0.6) is 11.5 Å². The summed E-state index contributed by atoms with van der Waals surface area (Å²) in [6, 6.07) is 23.7. The molecule has 1 fully saturated rings. The Kier molecular flexibility index (Phi) is 9.94. The van der Waals surface area contributed by atoms with Crippen LogP contribution in [0.25, 0.3) is 0 Å². The van der Waals surface area contributed by atoms with Crippen LogP contribution < -0.4 is 19.7 Å². The maximum Gasteiger partial charge on any atom is 0.241 e. The van der Waals surface area contributed by atoms with Crippen molar-refractivity contribution in [3.8, 4) is 11.5 Å². The van der Waals surface area contributed by atoms with Crippen molar-refractivity contribution in [1.82, 2.24) is 5.32 Å². The molecule has 0 spiro atoms. The number of carbonyl (C=O) groups excluding carboxylic acids is 1. The van der Waals surface area contributed by atoms with Gasteiger partial charge in [0.05, 0.1) is 52.7 Å². The number of hydrogen-bond donors (Lipinski definition) is 1. The van der Waals surface area contributed by atoms with Crippen LogP contribution >= 0.6 is 0 Å². The van der Waals surface area contributed by atoms with Gasteiger partial charge in [0.25, 0.3) is 0 Å². The Hall–Kier alpha value is -3.39. The van der Waals surface area contributed by atoms with E-state index in [9.17, 15) is 4.79 Å². The number of piperazine rings is 1. The SMILES string of the molecule is COc1ccccc1COCCCOc1ccc(N2C(=O)CNC[C@@H]2COCc2cccc(C)c2)cc1. The number of carbonyl (C=O) groups is 1. The number of para-hydroxylation sites is 1. The van der Waals surface area contributed by atoms with Crippen LogP contribution in [0.15, 0.2) is 72.8 Å². The summed E-state index contributed by atoms with van der Waals surface area (Å²) in [6.07, 6.45) is 0.771. The Balaban J connectivity index is 1.22. The van der Waals surface area contributed by atoms with Crippen LogP contribution in [0.2, 0.25) is 0 Å². The number of benzene rings is 3. The molecule has 1 amide bonds. The lowest BCUT2D eigenvalue weighted by Crippen LogP contribution is -2.57. The third-order valence-corrected chi connectivity index (χ3v) is 6.22.